The Morgan fingerprint density at radius 3 is 3.00 bits per heavy atom. The number of hydrogen-bond donors (Lipinski definition) is 1. The van der Waals surface area contributed by atoms with E-state index in [0.717, 1.165) is 25.1 Å². The molecule has 2 rings (SSSR count). The van der Waals surface area contributed by atoms with E-state index in [2.05, 4.69) is 5.32 Å². The lowest BCUT2D eigenvalue weighted by Gasteiger charge is -2.08. The van der Waals surface area contributed by atoms with Crippen molar-refractivity contribution in [3.8, 4) is 0 Å². The smallest absolute Gasteiger partial charge is 0.248 e. The number of rotatable bonds is 1. The Hall–Kier alpha value is -1.32. The predicted octanol–water partition coefficient (Wildman–Crippen LogP) is 1.19. The van der Waals surface area contributed by atoms with Crippen LogP contribution in [0.4, 0.5) is 0 Å². The van der Waals surface area contributed by atoms with Crippen molar-refractivity contribution in [3.05, 3.63) is 33.2 Å². The highest BCUT2D eigenvalue weighted by Crippen LogP contribution is 2.27. The maximum atomic E-state index is 10.4. The van der Waals surface area contributed by atoms with Gasteiger partial charge in [0.15, 0.2) is 0 Å². The Morgan fingerprint density at radius 1 is 1.42 bits per heavy atom. The van der Waals surface area contributed by atoms with Crippen molar-refractivity contribution in [2.75, 3.05) is 6.54 Å². The van der Waals surface area contributed by atoms with Crippen LogP contribution in [-0.4, -0.2) is 11.5 Å². The van der Waals surface area contributed by atoms with Gasteiger partial charge in [0.1, 0.15) is 0 Å². The summed E-state index contributed by atoms with van der Waals surface area (Å²) < 4.78 is 0. The molecule has 0 bridgehead atoms. The van der Waals surface area contributed by atoms with Crippen LogP contribution in [-0.2, 0) is 0 Å². The summed E-state index contributed by atoms with van der Waals surface area (Å²) in [4.78, 5) is 10.1. The molecule has 0 atom stereocenters. The predicted molar refractivity (Wildman–Crippen MR) is 44.0 cm³/mol. The summed E-state index contributed by atoms with van der Waals surface area (Å²) in [5.74, 6) is 0. The molecule has 0 aromatic carbocycles. The molecule has 4 heteroatoms. The summed E-state index contributed by atoms with van der Waals surface area (Å²) in [5, 5.41) is 13.6. The third-order valence-corrected chi connectivity index (χ3v) is 2.35. The maximum Gasteiger partial charge on any atom is 0.248 e. The van der Waals surface area contributed by atoms with Crippen LogP contribution >= 0.6 is 0 Å². The average molecular weight is 166 g/mol. The molecule has 1 heterocycles. The molecule has 0 saturated carbocycles. The fourth-order valence-electron chi connectivity index (χ4n) is 1.68. The van der Waals surface area contributed by atoms with Gasteiger partial charge in [0.25, 0.3) is 0 Å². The molecule has 2 aliphatic rings. The molecule has 64 valence electrons. The standard InChI is InChI=1S/C8H10N2O2/c11-10(12)7-2-1-6-3-4-9-8(6)5-7/h5,9H,1-4H2. The third kappa shape index (κ3) is 1.09. The Bertz CT molecular complexity index is 291. The van der Waals surface area contributed by atoms with Crippen LogP contribution in [0.3, 0.4) is 0 Å². The summed E-state index contributed by atoms with van der Waals surface area (Å²) in [5.41, 5.74) is 2.68. The van der Waals surface area contributed by atoms with Gasteiger partial charge >= 0.3 is 0 Å². The van der Waals surface area contributed by atoms with E-state index < -0.39 is 0 Å². The van der Waals surface area contributed by atoms with Gasteiger partial charge in [-0.15, -0.1) is 0 Å². The number of hydrogen-bond acceptors (Lipinski definition) is 3. The van der Waals surface area contributed by atoms with Crippen molar-refractivity contribution < 1.29 is 4.92 Å². The Labute approximate surface area is 70.1 Å². The van der Waals surface area contributed by atoms with Gasteiger partial charge < -0.3 is 5.32 Å². The topological polar surface area (TPSA) is 55.2 Å². The molecular weight excluding hydrogens is 156 g/mol. The van der Waals surface area contributed by atoms with Gasteiger partial charge in [-0.1, -0.05) is 0 Å². The van der Waals surface area contributed by atoms with Crippen molar-refractivity contribution >= 4 is 0 Å². The molecule has 12 heavy (non-hydrogen) atoms. The van der Waals surface area contributed by atoms with E-state index in [1.54, 1.807) is 6.08 Å². The summed E-state index contributed by atoms with van der Waals surface area (Å²) >= 11 is 0. The van der Waals surface area contributed by atoms with Gasteiger partial charge in [0.2, 0.25) is 5.70 Å². The van der Waals surface area contributed by atoms with E-state index in [4.69, 9.17) is 0 Å². The quantitative estimate of drug-likeness (QED) is 0.470. The average Bonchev–Trinajstić information content (AvgIpc) is 2.49. The van der Waals surface area contributed by atoms with Crippen molar-refractivity contribution in [3.63, 3.8) is 0 Å². The van der Waals surface area contributed by atoms with Crippen LogP contribution in [0.25, 0.3) is 0 Å². The van der Waals surface area contributed by atoms with Gasteiger partial charge in [-0.25, -0.2) is 0 Å². The lowest BCUT2D eigenvalue weighted by atomic mass is 10.0. The van der Waals surface area contributed by atoms with E-state index in [1.165, 1.54) is 5.57 Å². The summed E-state index contributed by atoms with van der Waals surface area (Å²) in [6.45, 7) is 0.937. The minimum Gasteiger partial charge on any atom is -0.385 e. The third-order valence-electron chi connectivity index (χ3n) is 2.35. The summed E-state index contributed by atoms with van der Waals surface area (Å²) in [7, 11) is 0. The van der Waals surface area contributed by atoms with Crippen LogP contribution < -0.4 is 5.32 Å². The van der Waals surface area contributed by atoms with E-state index in [0.29, 0.717) is 12.1 Å². The second-order valence-corrected chi connectivity index (χ2v) is 3.09. The molecule has 1 aliphatic heterocycles. The van der Waals surface area contributed by atoms with Crippen molar-refractivity contribution in [2.24, 2.45) is 0 Å². The second kappa shape index (κ2) is 2.62. The molecule has 0 radical (unpaired) electrons. The normalized spacial score (nSPS) is 21.5. The molecule has 1 aliphatic carbocycles. The van der Waals surface area contributed by atoms with Crippen LogP contribution in [0.1, 0.15) is 19.3 Å². The highest BCUT2D eigenvalue weighted by molar-refractivity contribution is 5.33. The SMILES string of the molecule is O=[N+]([O-])C1=CC2=C(CCN2)CC1. The fourth-order valence-corrected chi connectivity index (χ4v) is 1.68. The molecule has 0 saturated heterocycles. The van der Waals surface area contributed by atoms with E-state index in [1.807, 2.05) is 0 Å². The molecular formula is C8H10N2O2. The van der Waals surface area contributed by atoms with E-state index in [9.17, 15) is 10.1 Å². The lowest BCUT2D eigenvalue weighted by molar-refractivity contribution is -0.428. The monoisotopic (exact) mass is 166 g/mol. The summed E-state index contributed by atoms with van der Waals surface area (Å²) in [6, 6.07) is 0. The Morgan fingerprint density at radius 2 is 2.25 bits per heavy atom. The lowest BCUT2D eigenvalue weighted by Crippen LogP contribution is -2.10. The molecule has 4 nitrogen and oxygen atoms in total. The highest BCUT2D eigenvalue weighted by atomic mass is 16.6. The van der Waals surface area contributed by atoms with Crippen molar-refractivity contribution in [1.29, 1.82) is 0 Å². The fraction of sp³-hybridized carbons (Fsp3) is 0.500. The Kier molecular flexibility index (Phi) is 1.60. The van der Waals surface area contributed by atoms with Crippen LogP contribution in [0, 0.1) is 10.1 Å². The first-order chi connectivity index (χ1) is 5.77. The van der Waals surface area contributed by atoms with Gasteiger partial charge in [0.05, 0.1) is 4.92 Å². The Balaban J connectivity index is 2.26. The van der Waals surface area contributed by atoms with Gasteiger partial charge in [-0.3, -0.25) is 10.1 Å². The number of nitro groups is 1. The van der Waals surface area contributed by atoms with Gasteiger partial charge in [-0.2, -0.15) is 0 Å². The molecule has 0 aromatic heterocycles. The van der Waals surface area contributed by atoms with E-state index in [-0.39, 0.29) is 4.92 Å². The first kappa shape index (κ1) is 7.34. The van der Waals surface area contributed by atoms with E-state index >= 15 is 0 Å². The van der Waals surface area contributed by atoms with Gasteiger partial charge in [-0.05, 0) is 18.4 Å². The van der Waals surface area contributed by atoms with Crippen LogP contribution in [0.15, 0.2) is 23.0 Å². The first-order valence-electron chi connectivity index (χ1n) is 4.08. The van der Waals surface area contributed by atoms with Crippen molar-refractivity contribution in [2.45, 2.75) is 19.3 Å². The summed E-state index contributed by atoms with van der Waals surface area (Å²) in [6.07, 6.45) is 4.17. The first-order valence-corrected chi connectivity index (χ1v) is 4.08. The zero-order chi connectivity index (χ0) is 8.55. The van der Waals surface area contributed by atoms with Crippen LogP contribution in [0.2, 0.25) is 0 Å². The van der Waals surface area contributed by atoms with Crippen LogP contribution in [0.5, 0.6) is 0 Å². The van der Waals surface area contributed by atoms with Crippen molar-refractivity contribution in [1.82, 2.24) is 5.32 Å². The molecule has 0 aromatic rings. The number of nitrogens with one attached hydrogen (secondary N) is 1. The van der Waals surface area contributed by atoms with Gasteiger partial charge in [0, 0.05) is 24.7 Å². The second-order valence-electron chi connectivity index (χ2n) is 3.09. The zero-order valence-electron chi connectivity index (χ0n) is 6.67. The largest absolute Gasteiger partial charge is 0.385 e. The minimum absolute atomic E-state index is 0.288. The number of allylic oxidation sites excluding steroid dienone is 2. The molecule has 1 N–H and O–H groups in total. The maximum absolute atomic E-state index is 10.4. The molecule has 0 amide bonds. The number of nitrogens with zero attached hydrogens (tertiary/aromatic N) is 1. The minimum atomic E-state index is -0.288. The molecule has 0 spiro atoms. The highest BCUT2D eigenvalue weighted by Gasteiger charge is 2.22. The zero-order valence-corrected chi connectivity index (χ0v) is 6.67. The molecule has 0 fully saturated rings. The molecule has 0 unspecified atom stereocenters.